The van der Waals surface area contributed by atoms with Gasteiger partial charge in [0.05, 0.1) is 18.6 Å². The van der Waals surface area contributed by atoms with E-state index >= 15 is 0 Å². The Bertz CT molecular complexity index is 717. The van der Waals surface area contributed by atoms with E-state index in [2.05, 4.69) is 0 Å². The number of allylic oxidation sites excluding steroid dienone is 1. The quantitative estimate of drug-likeness (QED) is 0.201. The molecular weight excluding hydrogens is 350 g/mol. The number of aliphatic hydroxyl groups is 1. The van der Waals surface area contributed by atoms with E-state index in [0.717, 1.165) is 6.42 Å². The van der Waals surface area contributed by atoms with Gasteiger partial charge in [-0.2, -0.15) is 0 Å². The molecule has 27 heavy (non-hydrogen) atoms. The topological polar surface area (TPSA) is 114 Å². The Hall–Kier alpha value is -2.96. The minimum atomic E-state index is -0.677. The number of hydrogen-bond donors (Lipinski definition) is 2. The van der Waals surface area contributed by atoms with Crippen LogP contribution in [0.4, 0.5) is 0 Å². The van der Waals surface area contributed by atoms with Crippen LogP contribution in [-0.2, 0) is 14.3 Å². The third kappa shape index (κ3) is 7.43. The van der Waals surface area contributed by atoms with Crippen molar-refractivity contribution < 1.29 is 29.0 Å². The van der Waals surface area contributed by atoms with Crippen LogP contribution in [0.1, 0.15) is 50.4 Å². The first-order valence-corrected chi connectivity index (χ1v) is 8.66. The summed E-state index contributed by atoms with van der Waals surface area (Å²) in [6.45, 7) is 4.65. The summed E-state index contributed by atoms with van der Waals surface area (Å²) in [4.78, 5) is 35.2. The number of ketones is 2. The van der Waals surface area contributed by atoms with E-state index in [1.165, 1.54) is 13.8 Å². The minimum absolute atomic E-state index is 0.0400. The van der Waals surface area contributed by atoms with Gasteiger partial charge in [0.25, 0.3) is 0 Å². The van der Waals surface area contributed by atoms with E-state index in [4.69, 9.17) is 14.9 Å². The van der Waals surface area contributed by atoms with E-state index in [1.54, 1.807) is 24.3 Å². The van der Waals surface area contributed by atoms with Gasteiger partial charge < -0.3 is 20.0 Å². The second-order valence-corrected chi connectivity index (χ2v) is 5.96. The van der Waals surface area contributed by atoms with Gasteiger partial charge in [-0.25, -0.2) is 0 Å². The second kappa shape index (κ2) is 10.9. The first-order chi connectivity index (χ1) is 12.8. The maximum absolute atomic E-state index is 12.1. The lowest BCUT2D eigenvalue weighted by molar-refractivity contribution is -0.143. The molecule has 7 heteroatoms. The summed E-state index contributed by atoms with van der Waals surface area (Å²) in [5.41, 5.74) is 0.175. The zero-order valence-corrected chi connectivity index (χ0v) is 15.8. The summed E-state index contributed by atoms with van der Waals surface area (Å²) >= 11 is 0. The lowest BCUT2D eigenvalue weighted by atomic mass is 10.1. The van der Waals surface area contributed by atoms with Crippen LogP contribution in [0.3, 0.4) is 0 Å². The lowest BCUT2D eigenvalue weighted by Crippen LogP contribution is -2.15. The highest BCUT2D eigenvalue weighted by molar-refractivity contribution is 6.19. The van der Waals surface area contributed by atoms with E-state index in [-0.39, 0.29) is 29.9 Å². The number of ether oxygens (including phenoxy) is 2. The minimum Gasteiger partial charge on any atom is -0.508 e. The Labute approximate surface area is 158 Å². The van der Waals surface area contributed by atoms with Crippen molar-refractivity contribution in [2.75, 3.05) is 13.2 Å². The van der Waals surface area contributed by atoms with Gasteiger partial charge in [-0.1, -0.05) is 6.92 Å². The first kappa shape index (κ1) is 22.1. The number of aliphatic hydroxyl groups excluding tert-OH is 1. The maximum atomic E-state index is 12.1. The van der Waals surface area contributed by atoms with Gasteiger partial charge in [0.2, 0.25) is 0 Å². The third-order valence-corrected chi connectivity index (χ3v) is 3.59. The SMILES string of the molecule is CCCOc1ccc(C(=O)CCC(=O)OC/C(O)=C(\C(C)=N)C(C)=O)cc1. The maximum Gasteiger partial charge on any atom is 0.306 e. The van der Waals surface area contributed by atoms with Gasteiger partial charge in [-0.15, -0.1) is 0 Å². The Kier molecular flexibility index (Phi) is 8.92. The Balaban J connectivity index is 2.52. The van der Waals surface area contributed by atoms with Crippen molar-refractivity contribution in [2.24, 2.45) is 0 Å². The Morgan fingerprint density at radius 3 is 2.22 bits per heavy atom. The normalized spacial score (nSPS) is 11.4. The standard InChI is InChI=1S/C20H25NO6/c1-4-11-26-16-7-5-15(6-8-16)17(23)9-10-19(25)27-12-18(24)20(13(2)21)14(3)22/h5-8,21,24H,4,9-12H2,1-3H3/b20-18-,21-13?. The van der Waals surface area contributed by atoms with Crippen LogP contribution < -0.4 is 4.74 Å². The molecular formula is C20H25NO6. The van der Waals surface area contributed by atoms with Crippen LogP contribution in [0.25, 0.3) is 0 Å². The molecule has 0 aliphatic rings. The average Bonchev–Trinajstić information content (AvgIpc) is 2.62. The molecule has 0 fully saturated rings. The monoisotopic (exact) mass is 375 g/mol. The van der Waals surface area contributed by atoms with E-state index in [9.17, 15) is 19.5 Å². The van der Waals surface area contributed by atoms with Crippen LogP contribution in [0.15, 0.2) is 35.6 Å². The first-order valence-electron chi connectivity index (χ1n) is 8.66. The molecule has 0 aromatic heterocycles. The molecule has 0 bridgehead atoms. The van der Waals surface area contributed by atoms with Gasteiger partial charge in [-0.3, -0.25) is 14.4 Å². The number of carbonyl (C=O) groups is 3. The average molecular weight is 375 g/mol. The van der Waals surface area contributed by atoms with E-state index in [1.807, 2.05) is 6.92 Å². The van der Waals surface area contributed by atoms with Crippen molar-refractivity contribution in [3.05, 3.63) is 41.2 Å². The van der Waals surface area contributed by atoms with E-state index < -0.39 is 24.1 Å². The summed E-state index contributed by atoms with van der Waals surface area (Å²) in [7, 11) is 0. The summed E-state index contributed by atoms with van der Waals surface area (Å²) in [6, 6.07) is 6.68. The molecule has 146 valence electrons. The predicted octanol–water partition coefficient (Wildman–Crippen LogP) is 3.42. The van der Waals surface area contributed by atoms with Crippen molar-refractivity contribution in [2.45, 2.75) is 40.0 Å². The van der Waals surface area contributed by atoms with Gasteiger partial charge in [0, 0.05) is 17.7 Å². The van der Waals surface area contributed by atoms with Gasteiger partial charge in [0.15, 0.2) is 11.6 Å². The van der Waals surface area contributed by atoms with Crippen molar-refractivity contribution in [1.82, 2.24) is 0 Å². The second-order valence-electron chi connectivity index (χ2n) is 5.96. The number of nitrogens with one attached hydrogen (secondary N) is 1. The van der Waals surface area contributed by atoms with Crippen LogP contribution in [-0.4, -0.2) is 41.6 Å². The number of carbonyl (C=O) groups excluding carboxylic acids is 3. The van der Waals surface area contributed by atoms with Crippen LogP contribution in [0.2, 0.25) is 0 Å². The molecule has 0 aliphatic heterocycles. The number of esters is 1. The van der Waals surface area contributed by atoms with Crippen LogP contribution >= 0.6 is 0 Å². The van der Waals surface area contributed by atoms with E-state index in [0.29, 0.717) is 17.9 Å². The molecule has 0 aliphatic carbocycles. The number of hydrogen-bond acceptors (Lipinski definition) is 7. The zero-order chi connectivity index (χ0) is 20.4. The fourth-order valence-corrected chi connectivity index (χ4v) is 2.29. The Morgan fingerprint density at radius 1 is 1.07 bits per heavy atom. The molecule has 0 amide bonds. The molecule has 2 N–H and O–H groups in total. The summed E-state index contributed by atoms with van der Waals surface area (Å²) < 4.78 is 10.3. The Morgan fingerprint density at radius 2 is 1.70 bits per heavy atom. The fraction of sp³-hybridized carbons (Fsp3) is 0.400. The summed E-state index contributed by atoms with van der Waals surface area (Å²) in [6.07, 6.45) is 0.696. The smallest absolute Gasteiger partial charge is 0.306 e. The van der Waals surface area contributed by atoms with Gasteiger partial charge >= 0.3 is 5.97 Å². The zero-order valence-electron chi connectivity index (χ0n) is 15.8. The number of rotatable bonds is 11. The molecule has 0 radical (unpaired) electrons. The lowest BCUT2D eigenvalue weighted by Gasteiger charge is -2.08. The highest BCUT2D eigenvalue weighted by Gasteiger charge is 2.16. The largest absolute Gasteiger partial charge is 0.508 e. The fourth-order valence-electron chi connectivity index (χ4n) is 2.29. The molecule has 0 spiro atoms. The van der Waals surface area contributed by atoms with Gasteiger partial charge in [-0.05, 0) is 44.5 Å². The van der Waals surface area contributed by atoms with Crippen molar-refractivity contribution >= 4 is 23.2 Å². The third-order valence-electron chi connectivity index (χ3n) is 3.59. The summed E-state index contributed by atoms with van der Waals surface area (Å²) in [5, 5.41) is 17.3. The predicted molar refractivity (Wildman–Crippen MR) is 100 cm³/mol. The molecule has 1 aromatic carbocycles. The number of benzene rings is 1. The van der Waals surface area contributed by atoms with Gasteiger partial charge in [0.1, 0.15) is 18.1 Å². The highest BCUT2D eigenvalue weighted by atomic mass is 16.5. The molecule has 7 nitrogen and oxygen atoms in total. The van der Waals surface area contributed by atoms with Crippen molar-refractivity contribution in [1.29, 1.82) is 5.41 Å². The van der Waals surface area contributed by atoms with Crippen molar-refractivity contribution in [3.63, 3.8) is 0 Å². The van der Waals surface area contributed by atoms with Crippen LogP contribution in [0, 0.1) is 5.41 Å². The molecule has 1 rings (SSSR count). The number of Topliss-reactive ketones (excluding diaryl/α,β-unsaturated/α-hetero) is 2. The molecule has 0 unspecified atom stereocenters. The molecule has 0 heterocycles. The molecule has 0 saturated heterocycles. The van der Waals surface area contributed by atoms with Crippen molar-refractivity contribution in [3.8, 4) is 5.75 Å². The highest BCUT2D eigenvalue weighted by Crippen LogP contribution is 2.14. The molecule has 1 aromatic rings. The van der Waals surface area contributed by atoms with Crippen LogP contribution in [0.5, 0.6) is 5.75 Å². The molecule has 0 atom stereocenters. The summed E-state index contributed by atoms with van der Waals surface area (Å²) in [5.74, 6) is -1.18. The molecule has 0 saturated carbocycles.